The molecule has 0 bridgehead atoms. The average molecular weight is 342 g/mol. The number of carbonyl (C=O) groups excluding carboxylic acids is 2. The van der Waals surface area contributed by atoms with Crippen LogP contribution < -0.4 is 15.0 Å². The van der Waals surface area contributed by atoms with Gasteiger partial charge < -0.3 is 10.1 Å². The van der Waals surface area contributed by atoms with Crippen LogP contribution in [0.2, 0.25) is 0 Å². The molecule has 1 aliphatic rings. The van der Waals surface area contributed by atoms with E-state index in [1.807, 2.05) is 0 Å². The molecule has 6 heteroatoms. The van der Waals surface area contributed by atoms with Crippen LogP contribution in [0, 0.1) is 5.82 Å². The van der Waals surface area contributed by atoms with E-state index >= 15 is 0 Å². The minimum atomic E-state index is -0.532. The van der Waals surface area contributed by atoms with Crippen LogP contribution in [0.3, 0.4) is 0 Å². The number of rotatable bonds is 6. The van der Waals surface area contributed by atoms with E-state index in [0.717, 1.165) is 5.56 Å². The van der Waals surface area contributed by atoms with E-state index in [0.29, 0.717) is 24.4 Å². The number of methoxy groups -OCH3 is 1. The Labute approximate surface area is 145 Å². The van der Waals surface area contributed by atoms with E-state index in [9.17, 15) is 14.0 Å². The minimum Gasteiger partial charge on any atom is -0.497 e. The second-order valence-corrected chi connectivity index (χ2v) is 5.85. The number of halogens is 1. The van der Waals surface area contributed by atoms with Gasteiger partial charge in [-0.15, -0.1) is 0 Å². The Morgan fingerprint density at radius 1 is 1.12 bits per heavy atom. The van der Waals surface area contributed by atoms with E-state index in [4.69, 9.17) is 4.74 Å². The standard InChI is InChI=1S/C19H19FN2O3/c1-25-16-8-6-15(7-9-16)22-18(23)12-17(19(22)24)21-11-10-13-2-4-14(20)5-3-13/h2-9,17,21H,10-12H2,1H3/t17-/m1/s1. The number of imide groups is 1. The molecule has 0 unspecified atom stereocenters. The maximum Gasteiger partial charge on any atom is 0.251 e. The summed E-state index contributed by atoms with van der Waals surface area (Å²) in [6, 6.07) is 12.5. The van der Waals surface area contributed by atoms with Gasteiger partial charge in [0.05, 0.1) is 25.3 Å². The molecule has 0 radical (unpaired) electrons. The molecule has 1 saturated heterocycles. The molecule has 1 atom stereocenters. The van der Waals surface area contributed by atoms with Crippen molar-refractivity contribution in [3.05, 3.63) is 59.9 Å². The van der Waals surface area contributed by atoms with Crippen LogP contribution in [-0.4, -0.2) is 31.5 Å². The first-order valence-corrected chi connectivity index (χ1v) is 8.07. The topological polar surface area (TPSA) is 58.6 Å². The van der Waals surface area contributed by atoms with Crippen molar-refractivity contribution in [2.45, 2.75) is 18.9 Å². The summed E-state index contributed by atoms with van der Waals surface area (Å²) in [5.41, 5.74) is 1.51. The van der Waals surface area contributed by atoms with E-state index in [1.165, 1.54) is 17.0 Å². The number of carbonyl (C=O) groups is 2. The van der Waals surface area contributed by atoms with Crippen LogP contribution in [0.1, 0.15) is 12.0 Å². The van der Waals surface area contributed by atoms with Crippen molar-refractivity contribution < 1.29 is 18.7 Å². The first kappa shape index (κ1) is 17.1. The molecule has 1 aliphatic heterocycles. The Bertz CT molecular complexity index is 759. The largest absolute Gasteiger partial charge is 0.497 e. The summed E-state index contributed by atoms with van der Waals surface area (Å²) >= 11 is 0. The SMILES string of the molecule is COc1ccc(N2C(=O)C[C@@H](NCCc3ccc(F)cc3)C2=O)cc1. The molecule has 2 amide bonds. The normalized spacial score (nSPS) is 17.2. The fraction of sp³-hybridized carbons (Fsp3) is 0.263. The van der Waals surface area contributed by atoms with Crippen molar-refractivity contribution in [1.29, 1.82) is 0 Å². The molecule has 0 spiro atoms. The van der Waals surface area contributed by atoms with Crippen LogP contribution in [0.15, 0.2) is 48.5 Å². The monoisotopic (exact) mass is 342 g/mol. The summed E-state index contributed by atoms with van der Waals surface area (Å²) in [6.07, 6.45) is 0.787. The zero-order chi connectivity index (χ0) is 17.8. The number of benzene rings is 2. The van der Waals surface area contributed by atoms with E-state index in [2.05, 4.69) is 5.32 Å². The van der Waals surface area contributed by atoms with Gasteiger partial charge in [0.2, 0.25) is 5.91 Å². The van der Waals surface area contributed by atoms with Crippen molar-refractivity contribution in [2.75, 3.05) is 18.6 Å². The molecule has 5 nitrogen and oxygen atoms in total. The second kappa shape index (κ2) is 7.44. The highest BCUT2D eigenvalue weighted by molar-refractivity contribution is 6.22. The highest BCUT2D eigenvalue weighted by atomic mass is 19.1. The summed E-state index contributed by atoms with van der Waals surface area (Å²) in [5, 5.41) is 3.12. The summed E-state index contributed by atoms with van der Waals surface area (Å²) in [6.45, 7) is 0.534. The number of anilines is 1. The number of nitrogens with one attached hydrogen (secondary N) is 1. The van der Waals surface area contributed by atoms with Gasteiger partial charge in [-0.2, -0.15) is 0 Å². The molecule has 130 valence electrons. The highest BCUT2D eigenvalue weighted by Crippen LogP contribution is 2.25. The molecule has 1 heterocycles. The van der Waals surface area contributed by atoms with Gasteiger partial charge in [-0.3, -0.25) is 9.59 Å². The van der Waals surface area contributed by atoms with Crippen LogP contribution in [0.5, 0.6) is 5.75 Å². The van der Waals surface area contributed by atoms with Gasteiger partial charge in [0.25, 0.3) is 5.91 Å². The summed E-state index contributed by atoms with van der Waals surface area (Å²) in [5.74, 6) is -0.0936. The van der Waals surface area contributed by atoms with Crippen molar-refractivity contribution in [1.82, 2.24) is 5.32 Å². The van der Waals surface area contributed by atoms with Crippen LogP contribution in [0.25, 0.3) is 0 Å². The van der Waals surface area contributed by atoms with Gasteiger partial charge in [-0.1, -0.05) is 12.1 Å². The van der Waals surface area contributed by atoms with Gasteiger partial charge in [0, 0.05) is 0 Å². The number of ether oxygens (including phenoxy) is 1. The lowest BCUT2D eigenvalue weighted by molar-refractivity contribution is -0.121. The smallest absolute Gasteiger partial charge is 0.251 e. The molecule has 25 heavy (non-hydrogen) atoms. The fourth-order valence-electron chi connectivity index (χ4n) is 2.84. The minimum absolute atomic E-state index is 0.133. The van der Waals surface area contributed by atoms with Crippen LogP contribution in [0.4, 0.5) is 10.1 Å². The van der Waals surface area contributed by atoms with Gasteiger partial charge in [-0.25, -0.2) is 9.29 Å². The van der Waals surface area contributed by atoms with Crippen LogP contribution in [-0.2, 0) is 16.0 Å². The Balaban J connectivity index is 1.59. The molecule has 2 aromatic carbocycles. The van der Waals surface area contributed by atoms with Crippen molar-refractivity contribution in [3.8, 4) is 5.75 Å². The Kier molecular flexibility index (Phi) is 5.09. The number of hydrogen-bond donors (Lipinski definition) is 1. The predicted molar refractivity (Wildman–Crippen MR) is 92.0 cm³/mol. The Morgan fingerprint density at radius 3 is 2.44 bits per heavy atom. The van der Waals surface area contributed by atoms with Crippen molar-refractivity contribution >= 4 is 17.5 Å². The Hall–Kier alpha value is -2.73. The van der Waals surface area contributed by atoms with Crippen molar-refractivity contribution in [3.63, 3.8) is 0 Å². The molecule has 2 aromatic rings. The van der Waals surface area contributed by atoms with Gasteiger partial charge in [-0.05, 0) is 54.9 Å². The van der Waals surface area contributed by atoms with Gasteiger partial charge >= 0.3 is 0 Å². The lowest BCUT2D eigenvalue weighted by Gasteiger charge is -2.16. The number of amides is 2. The first-order valence-electron chi connectivity index (χ1n) is 8.07. The molecular weight excluding hydrogens is 323 g/mol. The lowest BCUT2D eigenvalue weighted by atomic mass is 10.1. The average Bonchev–Trinajstić information content (AvgIpc) is 2.90. The molecule has 0 aliphatic carbocycles. The quantitative estimate of drug-likeness (QED) is 0.819. The lowest BCUT2D eigenvalue weighted by Crippen LogP contribution is -2.39. The number of hydrogen-bond acceptors (Lipinski definition) is 4. The van der Waals surface area contributed by atoms with E-state index in [1.54, 1.807) is 43.5 Å². The maximum atomic E-state index is 12.9. The van der Waals surface area contributed by atoms with E-state index < -0.39 is 6.04 Å². The summed E-state index contributed by atoms with van der Waals surface area (Å²) < 4.78 is 18.0. The van der Waals surface area contributed by atoms with Gasteiger partial charge in [0.15, 0.2) is 0 Å². The third kappa shape index (κ3) is 3.85. The molecular formula is C19H19FN2O3. The first-order chi connectivity index (χ1) is 12.1. The van der Waals surface area contributed by atoms with Crippen LogP contribution >= 0.6 is 0 Å². The highest BCUT2D eigenvalue weighted by Gasteiger charge is 2.39. The predicted octanol–water partition coefficient (Wildman–Crippen LogP) is 2.30. The summed E-state index contributed by atoms with van der Waals surface area (Å²) in [4.78, 5) is 25.9. The second-order valence-electron chi connectivity index (χ2n) is 5.85. The Morgan fingerprint density at radius 2 is 1.80 bits per heavy atom. The van der Waals surface area contributed by atoms with E-state index in [-0.39, 0.29) is 24.1 Å². The number of nitrogens with zero attached hydrogens (tertiary/aromatic N) is 1. The molecule has 3 rings (SSSR count). The zero-order valence-corrected chi connectivity index (χ0v) is 13.9. The summed E-state index contributed by atoms with van der Waals surface area (Å²) in [7, 11) is 1.56. The maximum absolute atomic E-state index is 12.9. The zero-order valence-electron chi connectivity index (χ0n) is 13.9. The molecule has 1 N–H and O–H groups in total. The molecule has 0 aromatic heterocycles. The van der Waals surface area contributed by atoms with Crippen molar-refractivity contribution in [2.24, 2.45) is 0 Å². The third-order valence-electron chi connectivity index (χ3n) is 4.19. The third-order valence-corrected chi connectivity index (χ3v) is 4.19. The van der Waals surface area contributed by atoms with Gasteiger partial charge in [0.1, 0.15) is 11.6 Å². The molecule has 1 fully saturated rings. The fourth-order valence-corrected chi connectivity index (χ4v) is 2.84. The molecule has 0 saturated carbocycles.